The Bertz CT molecular complexity index is 1240. The first-order valence-electron chi connectivity index (χ1n) is 12.1. The van der Waals surface area contributed by atoms with E-state index in [9.17, 15) is 22.6 Å². The van der Waals surface area contributed by atoms with Gasteiger partial charge in [-0.05, 0) is 42.4 Å². The molecule has 0 saturated carbocycles. The van der Waals surface area contributed by atoms with Crippen molar-refractivity contribution in [3.8, 4) is 0 Å². The lowest BCUT2D eigenvalue weighted by Crippen LogP contribution is -2.53. The van der Waals surface area contributed by atoms with Crippen molar-refractivity contribution in [3.63, 3.8) is 0 Å². The first kappa shape index (κ1) is 28.0. The summed E-state index contributed by atoms with van der Waals surface area (Å²) in [7, 11) is -4.33. The average Bonchev–Trinajstić information content (AvgIpc) is 2.90. The molecule has 0 aromatic heterocycles. The zero-order valence-electron chi connectivity index (χ0n) is 20.5. The maximum absolute atomic E-state index is 13.6. The van der Waals surface area contributed by atoms with Crippen LogP contribution in [0.2, 0.25) is 0 Å². The molecule has 196 valence electrons. The van der Waals surface area contributed by atoms with Gasteiger partial charge in [-0.1, -0.05) is 91.0 Å². The van der Waals surface area contributed by atoms with Crippen LogP contribution in [0.4, 0.5) is 4.79 Å². The molecule has 3 aromatic rings. The van der Waals surface area contributed by atoms with Gasteiger partial charge in [-0.2, -0.15) is 8.42 Å². The lowest BCUT2D eigenvalue weighted by atomic mass is 10.00. The molecule has 2 atom stereocenters. The molecule has 8 nitrogen and oxygen atoms in total. The molecule has 9 heteroatoms. The standard InChI is InChI=1S/C28H32N2O6S/c29-26(20-23-12-6-2-7-13-23)27(31)30(28(32)36-21-24-14-8-3-9-15-24)25(18-19-37(33,34)35)17-16-22-10-4-1-5-11-22/h1-15,25-26H,16-21,29H2,(H,33,34,35)/t25?,26-/m0/s1. The van der Waals surface area contributed by atoms with Crippen LogP contribution in [0.5, 0.6) is 0 Å². The molecule has 3 aromatic carbocycles. The quantitative estimate of drug-likeness (QED) is 0.343. The molecule has 0 bridgehead atoms. The van der Waals surface area contributed by atoms with E-state index < -0.39 is 40.0 Å². The number of aryl methyl sites for hydroxylation is 1. The number of imide groups is 1. The van der Waals surface area contributed by atoms with Crippen LogP contribution in [0.1, 0.15) is 29.5 Å². The van der Waals surface area contributed by atoms with Crippen molar-refractivity contribution in [1.82, 2.24) is 4.90 Å². The van der Waals surface area contributed by atoms with E-state index in [0.717, 1.165) is 21.6 Å². The second kappa shape index (κ2) is 13.7. The van der Waals surface area contributed by atoms with Gasteiger partial charge in [0.05, 0.1) is 11.8 Å². The number of hydrogen-bond donors (Lipinski definition) is 2. The number of nitrogens with zero attached hydrogens (tertiary/aromatic N) is 1. The van der Waals surface area contributed by atoms with Crippen LogP contribution >= 0.6 is 0 Å². The highest BCUT2D eigenvalue weighted by Gasteiger charge is 2.35. The van der Waals surface area contributed by atoms with Crippen molar-refractivity contribution in [2.75, 3.05) is 5.75 Å². The fourth-order valence-electron chi connectivity index (χ4n) is 4.01. The summed E-state index contributed by atoms with van der Waals surface area (Å²) in [4.78, 5) is 27.8. The number of amides is 2. The van der Waals surface area contributed by atoms with Crippen LogP contribution in [-0.2, 0) is 39.1 Å². The average molecular weight is 525 g/mol. The van der Waals surface area contributed by atoms with E-state index in [1.54, 1.807) is 24.3 Å². The molecule has 2 amide bonds. The van der Waals surface area contributed by atoms with Gasteiger partial charge < -0.3 is 10.5 Å². The Hall–Kier alpha value is -3.53. The fraction of sp³-hybridized carbons (Fsp3) is 0.286. The highest BCUT2D eigenvalue weighted by molar-refractivity contribution is 7.85. The molecule has 0 fully saturated rings. The molecule has 0 spiro atoms. The van der Waals surface area contributed by atoms with Gasteiger partial charge >= 0.3 is 6.09 Å². The topological polar surface area (TPSA) is 127 Å². The summed E-state index contributed by atoms with van der Waals surface area (Å²) in [5, 5.41) is 0. The van der Waals surface area contributed by atoms with Gasteiger partial charge in [-0.3, -0.25) is 9.35 Å². The third-order valence-electron chi connectivity index (χ3n) is 5.94. The third kappa shape index (κ3) is 9.45. The van der Waals surface area contributed by atoms with Crippen molar-refractivity contribution in [2.45, 2.75) is 44.4 Å². The van der Waals surface area contributed by atoms with Crippen LogP contribution in [0.3, 0.4) is 0 Å². The third-order valence-corrected chi connectivity index (χ3v) is 6.69. The van der Waals surface area contributed by atoms with E-state index in [1.165, 1.54) is 0 Å². The van der Waals surface area contributed by atoms with Gasteiger partial charge in [0.15, 0.2) is 0 Å². The Balaban J connectivity index is 1.86. The van der Waals surface area contributed by atoms with Crippen molar-refractivity contribution in [3.05, 3.63) is 108 Å². The number of hydrogen-bond acceptors (Lipinski definition) is 6. The molecule has 0 aliphatic carbocycles. The van der Waals surface area contributed by atoms with Gasteiger partial charge in [-0.25, -0.2) is 9.69 Å². The maximum Gasteiger partial charge on any atom is 0.417 e. The summed E-state index contributed by atoms with van der Waals surface area (Å²) in [5.41, 5.74) is 8.76. The largest absolute Gasteiger partial charge is 0.444 e. The molecule has 0 heterocycles. The van der Waals surface area contributed by atoms with Crippen molar-refractivity contribution in [1.29, 1.82) is 0 Å². The molecule has 0 saturated heterocycles. The Labute approximate surface area is 217 Å². The molecular formula is C28H32N2O6S. The van der Waals surface area contributed by atoms with Crippen LogP contribution in [0.25, 0.3) is 0 Å². The second-order valence-corrected chi connectivity index (χ2v) is 10.4. The van der Waals surface area contributed by atoms with E-state index in [1.807, 2.05) is 66.7 Å². The summed E-state index contributed by atoms with van der Waals surface area (Å²) >= 11 is 0. The predicted octanol–water partition coefficient (Wildman–Crippen LogP) is 4.00. The van der Waals surface area contributed by atoms with Crippen molar-refractivity contribution < 1.29 is 27.3 Å². The Morgan fingerprint density at radius 3 is 1.86 bits per heavy atom. The smallest absolute Gasteiger partial charge is 0.417 e. The minimum atomic E-state index is -4.33. The van der Waals surface area contributed by atoms with Gasteiger partial charge in [-0.15, -0.1) is 0 Å². The summed E-state index contributed by atoms with van der Waals surface area (Å²) in [6, 6.07) is 25.7. The molecule has 0 aliphatic heterocycles. The number of benzene rings is 3. The number of ether oxygens (including phenoxy) is 1. The number of carbonyl (C=O) groups excluding carboxylic acids is 2. The first-order valence-corrected chi connectivity index (χ1v) is 13.7. The van der Waals surface area contributed by atoms with Gasteiger partial charge in [0.25, 0.3) is 10.1 Å². The lowest BCUT2D eigenvalue weighted by molar-refractivity contribution is -0.133. The SMILES string of the molecule is N[C@@H](Cc1ccccc1)C(=O)N(C(=O)OCc1ccccc1)C(CCc1ccccc1)CCS(=O)(=O)O. The highest BCUT2D eigenvalue weighted by Crippen LogP contribution is 2.19. The number of rotatable bonds is 12. The van der Waals surface area contributed by atoms with Gasteiger partial charge in [0.2, 0.25) is 5.91 Å². The summed E-state index contributed by atoms with van der Waals surface area (Å²) in [5.74, 6) is -1.29. The monoisotopic (exact) mass is 524 g/mol. The molecular weight excluding hydrogens is 492 g/mol. The van der Waals surface area contributed by atoms with E-state index in [0.29, 0.717) is 6.42 Å². The molecule has 0 radical (unpaired) electrons. The minimum Gasteiger partial charge on any atom is -0.444 e. The molecule has 3 N–H and O–H groups in total. The van der Waals surface area contributed by atoms with Crippen LogP contribution in [0.15, 0.2) is 91.0 Å². The zero-order chi connectivity index (χ0) is 26.7. The van der Waals surface area contributed by atoms with Crippen molar-refractivity contribution >= 4 is 22.1 Å². The van der Waals surface area contributed by atoms with Crippen molar-refractivity contribution in [2.24, 2.45) is 5.73 Å². The number of nitrogens with two attached hydrogens (primary N) is 1. The normalized spacial score (nSPS) is 12.9. The molecule has 3 rings (SSSR count). The summed E-state index contributed by atoms with van der Waals surface area (Å²) < 4.78 is 38.0. The Kier molecular flexibility index (Phi) is 10.4. The summed E-state index contributed by atoms with van der Waals surface area (Å²) in [6.07, 6.45) is -0.141. The first-order chi connectivity index (χ1) is 17.7. The van der Waals surface area contributed by atoms with Gasteiger partial charge in [0.1, 0.15) is 6.61 Å². The maximum atomic E-state index is 13.6. The zero-order valence-corrected chi connectivity index (χ0v) is 21.3. The van der Waals surface area contributed by atoms with E-state index in [4.69, 9.17) is 10.5 Å². The van der Waals surface area contributed by atoms with Gasteiger partial charge in [0, 0.05) is 6.04 Å². The van der Waals surface area contributed by atoms with E-state index in [-0.39, 0.29) is 25.9 Å². The molecule has 0 aliphatic rings. The predicted molar refractivity (Wildman–Crippen MR) is 141 cm³/mol. The van der Waals surface area contributed by atoms with Crippen LogP contribution in [0, 0.1) is 0 Å². The number of carbonyl (C=O) groups is 2. The fourth-order valence-corrected chi connectivity index (χ4v) is 4.58. The minimum absolute atomic E-state index is 0.0684. The van der Waals surface area contributed by atoms with Crippen LogP contribution < -0.4 is 5.73 Å². The Morgan fingerprint density at radius 2 is 1.32 bits per heavy atom. The Morgan fingerprint density at radius 1 is 0.811 bits per heavy atom. The van der Waals surface area contributed by atoms with Crippen LogP contribution in [-0.4, -0.2) is 47.7 Å². The van der Waals surface area contributed by atoms with E-state index in [2.05, 4.69) is 0 Å². The summed E-state index contributed by atoms with van der Waals surface area (Å²) in [6.45, 7) is -0.0684. The highest BCUT2D eigenvalue weighted by atomic mass is 32.2. The van der Waals surface area contributed by atoms with E-state index >= 15 is 0 Å². The second-order valence-electron chi connectivity index (χ2n) is 8.80. The lowest BCUT2D eigenvalue weighted by Gasteiger charge is -2.31. The molecule has 1 unspecified atom stereocenters. The molecule has 37 heavy (non-hydrogen) atoms.